The van der Waals surface area contributed by atoms with Crippen LogP contribution < -0.4 is 0 Å². The van der Waals surface area contributed by atoms with Gasteiger partial charge in [0.05, 0.1) is 0 Å². The van der Waals surface area contributed by atoms with Crippen molar-refractivity contribution >= 4 is 27.2 Å². The van der Waals surface area contributed by atoms with E-state index >= 15 is 0 Å². The van der Waals surface area contributed by atoms with Crippen molar-refractivity contribution in [3.63, 3.8) is 0 Å². The summed E-state index contributed by atoms with van der Waals surface area (Å²) in [6.07, 6.45) is 0. The van der Waals surface area contributed by atoms with E-state index in [1.54, 1.807) is 0 Å². The summed E-state index contributed by atoms with van der Waals surface area (Å²) in [5, 5.41) is 10.1. The molecule has 1 N–H and O–H groups in total. The zero-order chi connectivity index (χ0) is 10.3. The van der Waals surface area contributed by atoms with Crippen LogP contribution in [0.2, 0.25) is 0 Å². The smallest absolute Gasteiger partial charge is 0.173 e. The van der Waals surface area contributed by atoms with Crippen LogP contribution in [0.15, 0.2) is 18.2 Å². The van der Waals surface area contributed by atoms with Crippen molar-refractivity contribution in [3.8, 4) is 5.75 Å². The predicted molar refractivity (Wildman–Crippen MR) is 53.5 cm³/mol. The molecule has 0 fully saturated rings. The minimum absolute atomic E-state index is 0.0440. The summed E-state index contributed by atoms with van der Waals surface area (Å²) in [5.74, 6) is -0.615. The molecule has 0 radical (unpaired) electrons. The van der Waals surface area contributed by atoms with Crippen molar-refractivity contribution in [2.24, 2.45) is 0 Å². The van der Waals surface area contributed by atoms with Gasteiger partial charge in [0.1, 0.15) is 16.4 Å². The van der Waals surface area contributed by atoms with Crippen molar-refractivity contribution in [1.29, 1.82) is 0 Å². The SMILES string of the molecule is CC(=O)c1sc2cc(F)ccc2c1O. The zero-order valence-corrected chi connectivity index (χ0v) is 8.19. The van der Waals surface area contributed by atoms with E-state index in [1.165, 1.54) is 25.1 Å². The lowest BCUT2D eigenvalue weighted by Crippen LogP contribution is -1.85. The van der Waals surface area contributed by atoms with Crippen LogP contribution in [0.1, 0.15) is 16.6 Å². The van der Waals surface area contributed by atoms with Gasteiger partial charge in [-0.05, 0) is 18.2 Å². The molecule has 1 aromatic carbocycles. The molecule has 14 heavy (non-hydrogen) atoms. The number of hydrogen-bond acceptors (Lipinski definition) is 3. The van der Waals surface area contributed by atoms with E-state index in [-0.39, 0.29) is 22.2 Å². The molecule has 0 aliphatic carbocycles. The van der Waals surface area contributed by atoms with E-state index in [1.807, 2.05) is 0 Å². The molecule has 2 rings (SSSR count). The molecule has 0 unspecified atom stereocenters. The van der Waals surface area contributed by atoms with E-state index in [0.29, 0.717) is 10.1 Å². The Balaban J connectivity index is 2.79. The molecule has 0 aliphatic rings. The highest BCUT2D eigenvalue weighted by Gasteiger charge is 2.14. The molecule has 1 aromatic heterocycles. The number of carbonyl (C=O) groups is 1. The van der Waals surface area contributed by atoms with E-state index in [4.69, 9.17) is 0 Å². The van der Waals surface area contributed by atoms with E-state index in [2.05, 4.69) is 0 Å². The third-order valence-corrected chi connectivity index (χ3v) is 3.19. The Labute approximate surface area is 83.6 Å². The number of Topliss-reactive ketones (excluding diaryl/α,β-unsaturated/α-hetero) is 1. The monoisotopic (exact) mass is 210 g/mol. The highest BCUT2D eigenvalue weighted by atomic mass is 32.1. The first-order valence-corrected chi connectivity index (χ1v) is 4.83. The molecule has 0 saturated heterocycles. The number of rotatable bonds is 1. The molecular weight excluding hydrogens is 203 g/mol. The molecule has 72 valence electrons. The number of thiophene rings is 1. The predicted octanol–water partition coefficient (Wildman–Crippen LogP) is 2.95. The summed E-state index contributed by atoms with van der Waals surface area (Å²) >= 11 is 1.11. The third-order valence-electron chi connectivity index (χ3n) is 1.95. The number of ketones is 1. The van der Waals surface area contributed by atoms with Gasteiger partial charge in [-0.25, -0.2) is 4.39 Å². The van der Waals surface area contributed by atoms with Gasteiger partial charge < -0.3 is 5.11 Å². The molecule has 2 nitrogen and oxygen atoms in total. The fourth-order valence-electron chi connectivity index (χ4n) is 1.30. The van der Waals surface area contributed by atoms with Crippen molar-refractivity contribution in [2.45, 2.75) is 6.92 Å². The Morgan fingerprint density at radius 3 is 2.86 bits per heavy atom. The summed E-state index contributed by atoms with van der Waals surface area (Å²) in [7, 11) is 0. The van der Waals surface area contributed by atoms with Gasteiger partial charge in [-0.15, -0.1) is 11.3 Å². The molecule has 0 amide bonds. The lowest BCUT2D eigenvalue weighted by molar-refractivity contribution is 0.101. The van der Waals surface area contributed by atoms with Gasteiger partial charge >= 0.3 is 0 Å². The Morgan fingerprint density at radius 1 is 1.50 bits per heavy atom. The maximum absolute atomic E-state index is 12.8. The number of halogens is 1. The summed E-state index contributed by atoms with van der Waals surface area (Å²) in [6.45, 7) is 1.38. The Morgan fingerprint density at radius 2 is 2.21 bits per heavy atom. The standard InChI is InChI=1S/C10H7FO2S/c1-5(12)10-9(13)7-3-2-6(11)4-8(7)14-10/h2-4,13H,1H3. The Hall–Kier alpha value is -1.42. The second-order valence-corrected chi connectivity index (χ2v) is 4.03. The van der Waals surface area contributed by atoms with Gasteiger partial charge in [0.15, 0.2) is 5.78 Å². The van der Waals surface area contributed by atoms with Crippen LogP contribution >= 0.6 is 11.3 Å². The molecule has 0 aliphatic heterocycles. The minimum Gasteiger partial charge on any atom is -0.506 e. The second-order valence-electron chi connectivity index (χ2n) is 2.98. The quantitative estimate of drug-likeness (QED) is 0.735. The van der Waals surface area contributed by atoms with Gasteiger partial charge in [-0.2, -0.15) is 0 Å². The molecule has 0 saturated carbocycles. The van der Waals surface area contributed by atoms with Gasteiger partial charge in [-0.3, -0.25) is 4.79 Å². The number of benzene rings is 1. The molecular formula is C10H7FO2S. The van der Waals surface area contributed by atoms with Gasteiger partial charge in [0.25, 0.3) is 0 Å². The highest BCUT2D eigenvalue weighted by molar-refractivity contribution is 7.21. The zero-order valence-electron chi connectivity index (χ0n) is 7.37. The average molecular weight is 210 g/mol. The van der Waals surface area contributed by atoms with E-state index < -0.39 is 0 Å². The fourth-order valence-corrected chi connectivity index (χ4v) is 2.31. The first-order chi connectivity index (χ1) is 6.59. The maximum atomic E-state index is 12.8. The van der Waals surface area contributed by atoms with Crippen LogP contribution in [0.4, 0.5) is 4.39 Å². The maximum Gasteiger partial charge on any atom is 0.173 e. The lowest BCUT2D eigenvalue weighted by atomic mass is 10.2. The van der Waals surface area contributed by atoms with Crippen molar-refractivity contribution in [2.75, 3.05) is 0 Å². The molecule has 0 bridgehead atoms. The molecule has 1 heterocycles. The van der Waals surface area contributed by atoms with Crippen LogP contribution in [0, 0.1) is 5.82 Å². The molecule has 4 heteroatoms. The topological polar surface area (TPSA) is 37.3 Å². The van der Waals surface area contributed by atoms with Crippen LogP contribution in [0.5, 0.6) is 5.75 Å². The molecule has 2 aromatic rings. The van der Waals surface area contributed by atoms with Crippen LogP contribution in [0.25, 0.3) is 10.1 Å². The van der Waals surface area contributed by atoms with Crippen LogP contribution in [0.3, 0.4) is 0 Å². The van der Waals surface area contributed by atoms with Crippen molar-refractivity contribution in [3.05, 3.63) is 28.9 Å². The lowest BCUT2D eigenvalue weighted by Gasteiger charge is -1.91. The number of fused-ring (bicyclic) bond motifs is 1. The number of carbonyl (C=O) groups excluding carboxylic acids is 1. The van der Waals surface area contributed by atoms with Gasteiger partial charge in [0.2, 0.25) is 0 Å². The molecule has 0 atom stereocenters. The minimum atomic E-state index is -0.367. The first kappa shape index (κ1) is 9.15. The number of hydrogen-bond donors (Lipinski definition) is 1. The summed E-state index contributed by atoms with van der Waals surface area (Å²) < 4.78 is 13.4. The average Bonchev–Trinajstić information content (AvgIpc) is 2.43. The fraction of sp³-hybridized carbons (Fsp3) is 0.100. The van der Waals surface area contributed by atoms with Gasteiger partial charge in [0, 0.05) is 17.0 Å². The molecule has 0 spiro atoms. The summed E-state index contributed by atoms with van der Waals surface area (Å²) in [4.78, 5) is 11.4. The number of aromatic hydroxyl groups is 1. The Bertz CT molecular complexity index is 516. The van der Waals surface area contributed by atoms with Crippen LogP contribution in [-0.2, 0) is 0 Å². The normalized spacial score (nSPS) is 10.7. The highest BCUT2D eigenvalue weighted by Crippen LogP contribution is 2.37. The van der Waals surface area contributed by atoms with E-state index in [9.17, 15) is 14.3 Å². The second kappa shape index (κ2) is 3.06. The first-order valence-electron chi connectivity index (χ1n) is 4.01. The third kappa shape index (κ3) is 1.28. The van der Waals surface area contributed by atoms with Crippen LogP contribution in [-0.4, -0.2) is 10.9 Å². The van der Waals surface area contributed by atoms with Gasteiger partial charge in [-0.1, -0.05) is 0 Å². The van der Waals surface area contributed by atoms with Crippen molar-refractivity contribution < 1.29 is 14.3 Å². The Kier molecular flexibility index (Phi) is 2.00. The van der Waals surface area contributed by atoms with E-state index in [0.717, 1.165) is 11.3 Å². The largest absolute Gasteiger partial charge is 0.506 e. The summed E-state index contributed by atoms with van der Waals surface area (Å²) in [5.41, 5.74) is 0. The summed E-state index contributed by atoms with van der Waals surface area (Å²) in [6, 6.07) is 4.05. The van der Waals surface area contributed by atoms with Crippen molar-refractivity contribution in [1.82, 2.24) is 0 Å².